The van der Waals surface area contributed by atoms with Gasteiger partial charge in [-0.15, -0.1) is 0 Å². The quantitative estimate of drug-likeness (QED) is 0.559. The van der Waals surface area contributed by atoms with E-state index in [4.69, 9.17) is 9.47 Å². The first kappa shape index (κ1) is 20.3. The summed E-state index contributed by atoms with van der Waals surface area (Å²) in [7, 11) is 1.57. The van der Waals surface area contributed by atoms with Crippen molar-refractivity contribution < 1.29 is 19.1 Å². The van der Waals surface area contributed by atoms with E-state index in [2.05, 4.69) is 16.0 Å². The number of ether oxygens (including phenoxy) is 2. The molecule has 0 radical (unpaired) electrons. The van der Waals surface area contributed by atoms with Crippen LogP contribution in [0, 0.1) is 0 Å². The molecule has 2 aromatic rings. The number of hydrogen-bond donors (Lipinski definition) is 3. The van der Waals surface area contributed by atoms with Crippen LogP contribution in [0.5, 0.6) is 5.75 Å². The van der Waals surface area contributed by atoms with E-state index in [1.54, 1.807) is 31.4 Å². The average molecular weight is 371 g/mol. The molecule has 2 aromatic carbocycles. The number of benzene rings is 2. The molecule has 0 aromatic heterocycles. The van der Waals surface area contributed by atoms with Gasteiger partial charge in [0.2, 0.25) is 5.91 Å². The Morgan fingerprint density at radius 1 is 1.07 bits per heavy atom. The van der Waals surface area contributed by atoms with Crippen molar-refractivity contribution in [1.82, 2.24) is 5.32 Å². The minimum absolute atomic E-state index is 0.0777. The van der Waals surface area contributed by atoms with Crippen LogP contribution in [0.2, 0.25) is 0 Å². The third kappa shape index (κ3) is 6.63. The molecule has 144 valence electrons. The molecular weight excluding hydrogens is 346 g/mol. The molecule has 0 aliphatic rings. The Kier molecular flexibility index (Phi) is 8.12. The number of anilines is 2. The maximum atomic E-state index is 12.2. The lowest BCUT2D eigenvalue weighted by Gasteiger charge is -2.12. The third-order valence-electron chi connectivity index (χ3n) is 3.63. The second kappa shape index (κ2) is 10.8. The number of nitrogens with one attached hydrogen (secondary N) is 3. The van der Waals surface area contributed by atoms with E-state index in [1.165, 1.54) is 0 Å². The highest BCUT2D eigenvalue weighted by Gasteiger charge is 2.09. The molecule has 2 rings (SSSR count). The normalized spacial score (nSPS) is 10.1. The van der Waals surface area contributed by atoms with Crippen molar-refractivity contribution in [1.29, 1.82) is 0 Å². The van der Waals surface area contributed by atoms with E-state index in [-0.39, 0.29) is 18.4 Å². The van der Waals surface area contributed by atoms with Crippen LogP contribution >= 0.6 is 0 Å². The summed E-state index contributed by atoms with van der Waals surface area (Å²) < 4.78 is 10.4. The Balaban J connectivity index is 1.90. The van der Waals surface area contributed by atoms with Gasteiger partial charge in [-0.1, -0.05) is 18.2 Å². The zero-order valence-corrected chi connectivity index (χ0v) is 15.6. The maximum absolute atomic E-state index is 12.2. The Labute approximate surface area is 159 Å². The molecule has 0 aliphatic heterocycles. The molecule has 0 saturated carbocycles. The molecule has 0 spiro atoms. The van der Waals surface area contributed by atoms with Crippen molar-refractivity contribution >= 4 is 23.2 Å². The molecule has 0 aliphatic carbocycles. The topological polar surface area (TPSA) is 88.7 Å². The summed E-state index contributed by atoms with van der Waals surface area (Å²) in [5.74, 6) is 0.257. The van der Waals surface area contributed by atoms with Crippen molar-refractivity contribution in [2.45, 2.75) is 6.92 Å². The predicted octanol–water partition coefficient (Wildman–Crippen LogP) is 2.51. The lowest BCUT2D eigenvalue weighted by atomic mass is 10.2. The number of hydrogen-bond acceptors (Lipinski definition) is 5. The Morgan fingerprint density at radius 2 is 1.89 bits per heavy atom. The molecule has 0 bridgehead atoms. The fourth-order valence-electron chi connectivity index (χ4n) is 2.38. The molecule has 7 heteroatoms. The van der Waals surface area contributed by atoms with Crippen molar-refractivity contribution in [2.75, 3.05) is 44.0 Å². The van der Waals surface area contributed by atoms with Gasteiger partial charge >= 0.3 is 0 Å². The monoisotopic (exact) mass is 371 g/mol. The van der Waals surface area contributed by atoms with Crippen molar-refractivity contribution in [3.05, 3.63) is 54.1 Å². The smallest absolute Gasteiger partial charge is 0.251 e. The lowest BCUT2D eigenvalue weighted by Crippen LogP contribution is -2.27. The van der Waals surface area contributed by atoms with Gasteiger partial charge in [0.15, 0.2) is 0 Å². The molecule has 0 fully saturated rings. The van der Waals surface area contributed by atoms with Crippen LogP contribution in [-0.2, 0) is 9.53 Å². The standard InChI is InChI=1S/C20H25N3O4/c1-3-27-18-10-5-4-9-17(18)22-14-19(24)23-16-8-6-7-15(13-16)20(25)21-11-12-26-2/h4-10,13,22H,3,11-12,14H2,1-2H3,(H,21,25)(H,23,24). The van der Waals surface area contributed by atoms with Crippen molar-refractivity contribution in [3.63, 3.8) is 0 Å². The van der Waals surface area contributed by atoms with E-state index < -0.39 is 0 Å². The molecule has 3 N–H and O–H groups in total. The highest BCUT2D eigenvalue weighted by molar-refractivity contribution is 5.98. The molecule has 0 unspecified atom stereocenters. The van der Waals surface area contributed by atoms with Gasteiger partial charge in [0.1, 0.15) is 5.75 Å². The molecular formula is C20H25N3O4. The van der Waals surface area contributed by atoms with Gasteiger partial charge in [-0.2, -0.15) is 0 Å². The second-order valence-corrected chi connectivity index (χ2v) is 5.66. The van der Waals surface area contributed by atoms with Crippen LogP contribution in [0.4, 0.5) is 11.4 Å². The number of carbonyl (C=O) groups is 2. The van der Waals surface area contributed by atoms with Crippen LogP contribution in [0.1, 0.15) is 17.3 Å². The summed E-state index contributed by atoms with van der Waals surface area (Å²) in [6, 6.07) is 14.2. The van der Waals surface area contributed by atoms with E-state index in [1.807, 2.05) is 31.2 Å². The fraction of sp³-hybridized carbons (Fsp3) is 0.300. The van der Waals surface area contributed by atoms with Gasteiger partial charge in [-0.3, -0.25) is 9.59 Å². The van der Waals surface area contributed by atoms with Gasteiger partial charge in [0.25, 0.3) is 5.91 Å². The molecule has 2 amide bonds. The summed E-state index contributed by atoms with van der Waals surface area (Å²) in [6.07, 6.45) is 0. The number of para-hydroxylation sites is 2. The van der Waals surface area contributed by atoms with Gasteiger partial charge in [-0.25, -0.2) is 0 Å². The number of methoxy groups -OCH3 is 1. The first-order valence-corrected chi connectivity index (χ1v) is 8.76. The zero-order valence-electron chi connectivity index (χ0n) is 15.6. The maximum Gasteiger partial charge on any atom is 0.251 e. The minimum atomic E-state index is -0.224. The highest BCUT2D eigenvalue weighted by atomic mass is 16.5. The molecule has 0 atom stereocenters. The van der Waals surface area contributed by atoms with Crippen LogP contribution < -0.4 is 20.7 Å². The van der Waals surface area contributed by atoms with E-state index in [0.29, 0.717) is 36.8 Å². The van der Waals surface area contributed by atoms with Crippen LogP contribution in [-0.4, -0.2) is 45.2 Å². The second-order valence-electron chi connectivity index (χ2n) is 5.66. The molecule has 0 saturated heterocycles. The van der Waals surface area contributed by atoms with E-state index >= 15 is 0 Å². The predicted molar refractivity (Wildman–Crippen MR) is 105 cm³/mol. The van der Waals surface area contributed by atoms with Crippen molar-refractivity contribution in [3.8, 4) is 5.75 Å². The number of carbonyl (C=O) groups excluding carboxylic acids is 2. The number of amides is 2. The SMILES string of the molecule is CCOc1ccccc1NCC(=O)Nc1cccc(C(=O)NCCOC)c1. The average Bonchev–Trinajstić information content (AvgIpc) is 2.68. The van der Waals surface area contributed by atoms with Gasteiger partial charge in [0, 0.05) is 24.9 Å². The van der Waals surface area contributed by atoms with Gasteiger partial charge < -0.3 is 25.4 Å². The highest BCUT2D eigenvalue weighted by Crippen LogP contribution is 2.23. The van der Waals surface area contributed by atoms with Crippen LogP contribution in [0.25, 0.3) is 0 Å². The Hall–Kier alpha value is -3.06. The zero-order chi connectivity index (χ0) is 19.5. The third-order valence-corrected chi connectivity index (χ3v) is 3.63. The Bertz CT molecular complexity index is 764. The largest absolute Gasteiger partial charge is 0.492 e. The minimum Gasteiger partial charge on any atom is -0.492 e. The summed E-state index contributed by atoms with van der Waals surface area (Å²) in [5, 5.41) is 8.58. The van der Waals surface area contributed by atoms with Crippen LogP contribution in [0.3, 0.4) is 0 Å². The van der Waals surface area contributed by atoms with E-state index in [0.717, 1.165) is 5.69 Å². The fourth-order valence-corrected chi connectivity index (χ4v) is 2.38. The summed E-state index contributed by atoms with van der Waals surface area (Å²) in [5.41, 5.74) is 1.78. The molecule has 27 heavy (non-hydrogen) atoms. The van der Waals surface area contributed by atoms with Crippen molar-refractivity contribution in [2.24, 2.45) is 0 Å². The molecule has 7 nitrogen and oxygen atoms in total. The summed E-state index contributed by atoms with van der Waals surface area (Å²) in [4.78, 5) is 24.3. The summed E-state index contributed by atoms with van der Waals surface area (Å²) >= 11 is 0. The van der Waals surface area contributed by atoms with E-state index in [9.17, 15) is 9.59 Å². The molecule has 0 heterocycles. The Morgan fingerprint density at radius 3 is 2.67 bits per heavy atom. The lowest BCUT2D eigenvalue weighted by molar-refractivity contribution is -0.114. The first-order valence-electron chi connectivity index (χ1n) is 8.76. The first-order chi connectivity index (χ1) is 13.1. The van der Waals surface area contributed by atoms with Gasteiger partial charge in [-0.05, 0) is 37.3 Å². The number of rotatable bonds is 10. The summed E-state index contributed by atoms with van der Waals surface area (Å²) in [6.45, 7) is 3.40. The van der Waals surface area contributed by atoms with Gasteiger partial charge in [0.05, 0.1) is 25.4 Å². The van der Waals surface area contributed by atoms with Crippen LogP contribution in [0.15, 0.2) is 48.5 Å².